The second-order valence-electron chi connectivity index (χ2n) is 4.56. The van der Waals surface area contributed by atoms with E-state index in [0.717, 1.165) is 39.3 Å². The van der Waals surface area contributed by atoms with Crippen molar-refractivity contribution >= 4 is 5.97 Å². The van der Waals surface area contributed by atoms with E-state index in [9.17, 15) is 4.79 Å². The van der Waals surface area contributed by atoms with Crippen LogP contribution in [0.5, 0.6) is 0 Å². The van der Waals surface area contributed by atoms with Gasteiger partial charge in [0.25, 0.3) is 0 Å². The third-order valence-corrected chi connectivity index (χ3v) is 3.15. The van der Waals surface area contributed by atoms with Crippen LogP contribution in [0.3, 0.4) is 0 Å². The number of piperidine rings is 1. The van der Waals surface area contributed by atoms with Gasteiger partial charge in [-0.3, -0.25) is 4.79 Å². The standard InChI is InChI=1S/C12H23NO3/c1-4-15-8-7-13-6-5-12(10(2)9-13)16-11(3)14/h10,12H,4-9H2,1-3H3/p+1. The highest BCUT2D eigenvalue weighted by atomic mass is 16.5. The predicted molar refractivity (Wildman–Crippen MR) is 61.4 cm³/mol. The van der Waals surface area contributed by atoms with Crippen molar-refractivity contribution in [1.82, 2.24) is 0 Å². The molecule has 3 atom stereocenters. The Labute approximate surface area is 97.9 Å². The number of hydrogen-bond donors (Lipinski definition) is 1. The predicted octanol–water partition coefficient (Wildman–Crippen LogP) is -0.121. The Morgan fingerprint density at radius 3 is 2.81 bits per heavy atom. The summed E-state index contributed by atoms with van der Waals surface area (Å²) in [6.07, 6.45) is 1.09. The van der Waals surface area contributed by atoms with Crippen LogP contribution < -0.4 is 4.90 Å². The van der Waals surface area contributed by atoms with Crippen molar-refractivity contribution in [2.45, 2.75) is 33.3 Å². The molecule has 1 N–H and O–H groups in total. The summed E-state index contributed by atoms with van der Waals surface area (Å²) in [6, 6.07) is 0. The van der Waals surface area contributed by atoms with Gasteiger partial charge in [-0.25, -0.2) is 0 Å². The van der Waals surface area contributed by atoms with Crippen molar-refractivity contribution in [2.75, 3.05) is 32.8 Å². The summed E-state index contributed by atoms with van der Waals surface area (Å²) in [4.78, 5) is 12.5. The lowest BCUT2D eigenvalue weighted by Gasteiger charge is -2.33. The van der Waals surface area contributed by atoms with Gasteiger partial charge in [0.15, 0.2) is 0 Å². The zero-order chi connectivity index (χ0) is 12.0. The lowest BCUT2D eigenvalue weighted by molar-refractivity contribution is -0.910. The van der Waals surface area contributed by atoms with Crippen LogP contribution in [0.2, 0.25) is 0 Å². The molecule has 1 aliphatic rings. The van der Waals surface area contributed by atoms with Gasteiger partial charge >= 0.3 is 5.97 Å². The second-order valence-corrected chi connectivity index (χ2v) is 4.56. The largest absolute Gasteiger partial charge is 0.462 e. The SMILES string of the molecule is CCOCC[NH+]1CCC(OC(C)=O)C(C)C1. The third-order valence-electron chi connectivity index (χ3n) is 3.15. The molecule has 1 saturated heterocycles. The van der Waals surface area contributed by atoms with Gasteiger partial charge in [-0.15, -0.1) is 0 Å². The van der Waals surface area contributed by atoms with E-state index in [4.69, 9.17) is 9.47 Å². The minimum absolute atomic E-state index is 0.119. The molecule has 4 nitrogen and oxygen atoms in total. The van der Waals surface area contributed by atoms with Crippen LogP contribution >= 0.6 is 0 Å². The van der Waals surface area contributed by atoms with Gasteiger partial charge in [0.2, 0.25) is 0 Å². The number of carbonyl (C=O) groups is 1. The van der Waals surface area contributed by atoms with Crippen LogP contribution in [0.15, 0.2) is 0 Å². The van der Waals surface area contributed by atoms with E-state index in [1.807, 2.05) is 6.92 Å². The fourth-order valence-electron chi connectivity index (χ4n) is 2.30. The molecular formula is C12H24NO3+. The number of nitrogens with one attached hydrogen (secondary N) is 1. The van der Waals surface area contributed by atoms with E-state index in [-0.39, 0.29) is 12.1 Å². The Kier molecular flexibility index (Phi) is 5.77. The van der Waals surface area contributed by atoms with Gasteiger partial charge in [-0.1, -0.05) is 6.92 Å². The molecule has 0 aromatic heterocycles. The molecule has 1 rings (SSSR count). The average Bonchev–Trinajstić information content (AvgIpc) is 2.22. The summed E-state index contributed by atoms with van der Waals surface area (Å²) in [5.74, 6) is 0.295. The zero-order valence-electron chi connectivity index (χ0n) is 10.6. The van der Waals surface area contributed by atoms with Crippen LogP contribution in [0.25, 0.3) is 0 Å². The molecule has 16 heavy (non-hydrogen) atoms. The summed E-state index contributed by atoms with van der Waals surface area (Å²) in [7, 11) is 0. The van der Waals surface area contributed by atoms with E-state index < -0.39 is 0 Å². The molecule has 4 heteroatoms. The molecule has 94 valence electrons. The van der Waals surface area contributed by atoms with Gasteiger partial charge in [0.05, 0.1) is 19.7 Å². The van der Waals surface area contributed by atoms with E-state index in [0.29, 0.717) is 5.92 Å². The minimum Gasteiger partial charge on any atom is -0.462 e. The minimum atomic E-state index is -0.158. The van der Waals surface area contributed by atoms with E-state index >= 15 is 0 Å². The lowest BCUT2D eigenvalue weighted by atomic mass is 9.96. The van der Waals surface area contributed by atoms with Gasteiger partial charge < -0.3 is 14.4 Å². The summed E-state index contributed by atoms with van der Waals surface area (Å²) in [5.41, 5.74) is 0. The number of rotatable bonds is 5. The normalized spacial score (nSPS) is 30.1. The maximum atomic E-state index is 10.9. The molecule has 1 heterocycles. The summed E-state index contributed by atoms with van der Waals surface area (Å²) < 4.78 is 10.7. The quantitative estimate of drug-likeness (QED) is 0.529. The van der Waals surface area contributed by atoms with E-state index in [1.165, 1.54) is 6.92 Å². The summed E-state index contributed by atoms with van der Waals surface area (Å²) in [6.45, 7) is 10.5. The summed E-state index contributed by atoms with van der Waals surface area (Å²) in [5, 5.41) is 0. The Bertz CT molecular complexity index is 220. The molecule has 0 aliphatic carbocycles. The Morgan fingerprint density at radius 2 is 2.25 bits per heavy atom. The van der Waals surface area contributed by atoms with Crippen LogP contribution in [-0.4, -0.2) is 44.9 Å². The van der Waals surface area contributed by atoms with Crippen molar-refractivity contribution in [3.05, 3.63) is 0 Å². The molecule has 0 radical (unpaired) electrons. The van der Waals surface area contributed by atoms with Crippen molar-refractivity contribution in [3.63, 3.8) is 0 Å². The Morgan fingerprint density at radius 1 is 1.50 bits per heavy atom. The first-order chi connectivity index (χ1) is 7.63. The smallest absolute Gasteiger partial charge is 0.302 e. The number of ether oxygens (including phenoxy) is 2. The second kappa shape index (κ2) is 6.86. The Hall–Kier alpha value is -0.610. The molecule has 0 bridgehead atoms. The average molecular weight is 230 g/mol. The van der Waals surface area contributed by atoms with Crippen molar-refractivity contribution < 1.29 is 19.2 Å². The first kappa shape index (κ1) is 13.5. The molecule has 1 fully saturated rings. The van der Waals surface area contributed by atoms with Gasteiger partial charge in [0, 0.05) is 25.9 Å². The van der Waals surface area contributed by atoms with Crippen LogP contribution in [0.4, 0.5) is 0 Å². The van der Waals surface area contributed by atoms with Crippen LogP contribution in [0.1, 0.15) is 27.2 Å². The molecule has 0 aromatic carbocycles. The van der Waals surface area contributed by atoms with Crippen LogP contribution in [0, 0.1) is 5.92 Å². The highest BCUT2D eigenvalue weighted by Gasteiger charge is 2.30. The summed E-state index contributed by atoms with van der Waals surface area (Å²) >= 11 is 0. The fourth-order valence-corrected chi connectivity index (χ4v) is 2.30. The number of esters is 1. The monoisotopic (exact) mass is 230 g/mol. The maximum Gasteiger partial charge on any atom is 0.302 e. The highest BCUT2D eigenvalue weighted by molar-refractivity contribution is 5.66. The van der Waals surface area contributed by atoms with Gasteiger partial charge in [-0.05, 0) is 6.92 Å². The molecular weight excluding hydrogens is 206 g/mol. The third kappa shape index (κ3) is 4.49. The topological polar surface area (TPSA) is 40.0 Å². The molecule has 1 aliphatic heterocycles. The number of carbonyl (C=O) groups excluding carboxylic acids is 1. The molecule has 0 saturated carbocycles. The molecule has 0 spiro atoms. The van der Waals surface area contributed by atoms with Gasteiger partial charge in [0.1, 0.15) is 12.6 Å². The van der Waals surface area contributed by atoms with Crippen molar-refractivity contribution in [3.8, 4) is 0 Å². The van der Waals surface area contributed by atoms with E-state index in [2.05, 4.69) is 6.92 Å². The van der Waals surface area contributed by atoms with Crippen molar-refractivity contribution in [2.24, 2.45) is 5.92 Å². The van der Waals surface area contributed by atoms with E-state index in [1.54, 1.807) is 4.90 Å². The molecule has 0 amide bonds. The number of quaternary nitrogens is 1. The fraction of sp³-hybridized carbons (Fsp3) is 0.917. The molecule has 3 unspecified atom stereocenters. The maximum absolute atomic E-state index is 10.9. The lowest BCUT2D eigenvalue weighted by Crippen LogP contribution is -3.14. The molecule has 0 aromatic rings. The van der Waals surface area contributed by atoms with Gasteiger partial charge in [-0.2, -0.15) is 0 Å². The number of hydrogen-bond acceptors (Lipinski definition) is 3. The number of likely N-dealkylation sites (tertiary alicyclic amines) is 1. The zero-order valence-corrected chi connectivity index (χ0v) is 10.6. The Balaban J connectivity index is 2.25. The van der Waals surface area contributed by atoms with Crippen molar-refractivity contribution in [1.29, 1.82) is 0 Å². The first-order valence-electron chi connectivity index (χ1n) is 6.22. The first-order valence-corrected chi connectivity index (χ1v) is 6.22. The highest BCUT2D eigenvalue weighted by Crippen LogP contribution is 2.12. The van der Waals surface area contributed by atoms with Crippen LogP contribution in [-0.2, 0) is 14.3 Å².